The van der Waals surface area contributed by atoms with Crippen molar-refractivity contribution in [2.75, 3.05) is 11.5 Å². The molecule has 9 heteroatoms. The molecule has 0 aliphatic carbocycles. The standard InChI is InChI=1S/C9H14ClN3O3S2/c1-13-6-11-9(8(13)10)18(15,16)12-7-2-4-17(14)5-3-7/h6-7,12H,2-5H2,1H3. The number of halogens is 1. The summed E-state index contributed by atoms with van der Waals surface area (Å²) in [7, 11) is -2.89. The molecule has 0 radical (unpaired) electrons. The van der Waals surface area contributed by atoms with Gasteiger partial charge in [-0.25, -0.2) is 18.1 Å². The number of nitrogens with one attached hydrogen (secondary N) is 1. The Morgan fingerprint density at radius 2 is 2.11 bits per heavy atom. The molecule has 1 aliphatic heterocycles. The number of hydrogen-bond donors (Lipinski definition) is 1. The molecule has 18 heavy (non-hydrogen) atoms. The Labute approximate surface area is 113 Å². The zero-order chi connectivity index (χ0) is 13.3. The monoisotopic (exact) mass is 311 g/mol. The quantitative estimate of drug-likeness (QED) is 0.868. The Morgan fingerprint density at radius 1 is 1.50 bits per heavy atom. The van der Waals surface area contributed by atoms with Crippen LogP contribution < -0.4 is 4.72 Å². The van der Waals surface area contributed by atoms with E-state index in [1.54, 1.807) is 7.05 Å². The van der Waals surface area contributed by atoms with Gasteiger partial charge in [0.15, 0.2) is 0 Å². The van der Waals surface area contributed by atoms with Crippen molar-refractivity contribution in [3.05, 3.63) is 11.5 Å². The van der Waals surface area contributed by atoms with Crippen LogP contribution in [0.15, 0.2) is 11.4 Å². The lowest BCUT2D eigenvalue weighted by Crippen LogP contribution is -2.39. The maximum Gasteiger partial charge on any atom is 0.261 e. The summed E-state index contributed by atoms with van der Waals surface area (Å²) in [6.07, 6.45) is 2.51. The average molecular weight is 312 g/mol. The molecule has 1 aromatic rings. The third-order valence-corrected chi connectivity index (χ3v) is 6.19. The number of rotatable bonds is 3. The Bertz CT molecular complexity index is 560. The molecule has 6 nitrogen and oxygen atoms in total. The van der Waals surface area contributed by atoms with Crippen molar-refractivity contribution in [3.63, 3.8) is 0 Å². The molecular weight excluding hydrogens is 298 g/mol. The zero-order valence-electron chi connectivity index (χ0n) is 9.80. The molecule has 102 valence electrons. The lowest BCUT2D eigenvalue weighted by atomic mass is 10.2. The van der Waals surface area contributed by atoms with Gasteiger partial charge in [0.2, 0.25) is 5.03 Å². The van der Waals surface area contributed by atoms with Crippen LogP contribution in [0.25, 0.3) is 0 Å². The molecular formula is C9H14ClN3O3S2. The van der Waals surface area contributed by atoms with Crippen LogP contribution in [0.1, 0.15) is 12.8 Å². The number of aryl methyl sites for hydroxylation is 1. The van der Waals surface area contributed by atoms with Gasteiger partial charge in [-0.2, -0.15) is 0 Å². The van der Waals surface area contributed by atoms with Crippen LogP contribution in [0.4, 0.5) is 0 Å². The highest BCUT2D eigenvalue weighted by atomic mass is 35.5. The fourth-order valence-corrected chi connectivity index (χ4v) is 4.79. The van der Waals surface area contributed by atoms with Crippen molar-refractivity contribution in [2.45, 2.75) is 23.9 Å². The Morgan fingerprint density at radius 3 is 2.61 bits per heavy atom. The second-order valence-electron chi connectivity index (χ2n) is 4.20. The van der Waals surface area contributed by atoms with E-state index in [1.807, 2.05) is 0 Å². The smallest absolute Gasteiger partial charge is 0.261 e. The summed E-state index contributed by atoms with van der Waals surface area (Å²) < 4.78 is 39.3. The third kappa shape index (κ3) is 2.93. The second kappa shape index (κ2) is 5.28. The normalized spacial score (nSPS) is 25.2. The molecule has 2 rings (SSSR count). The van der Waals surface area contributed by atoms with E-state index in [1.165, 1.54) is 10.9 Å². The number of nitrogens with zero attached hydrogens (tertiary/aromatic N) is 2. The van der Waals surface area contributed by atoms with E-state index in [9.17, 15) is 12.6 Å². The molecule has 0 aromatic carbocycles. The SMILES string of the molecule is Cn1cnc(S(=O)(=O)NC2CCS(=O)CC2)c1Cl. The molecule has 2 heterocycles. The molecule has 1 N–H and O–H groups in total. The molecule has 1 aliphatic rings. The molecule has 0 amide bonds. The van der Waals surface area contributed by atoms with Gasteiger partial charge < -0.3 is 4.57 Å². The van der Waals surface area contributed by atoms with Crippen LogP contribution in [0.3, 0.4) is 0 Å². The molecule has 1 aromatic heterocycles. The van der Waals surface area contributed by atoms with Crippen molar-refractivity contribution in [3.8, 4) is 0 Å². The van der Waals surface area contributed by atoms with Crippen LogP contribution in [0.5, 0.6) is 0 Å². The third-order valence-electron chi connectivity index (χ3n) is 2.80. The van der Waals surface area contributed by atoms with Crippen LogP contribution in [0, 0.1) is 0 Å². The van der Waals surface area contributed by atoms with Crippen LogP contribution in [0.2, 0.25) is 5.15 Å². The minimum Gasteiger partial charge on any atom is -0.324 e. The van der Waals surface area contributed by atoms with Gasteiger partial charge in [-0.1, -0.05) is 11.6 Å². The van der Waals surface area contributed by atoms with Crippen LogP contribution in [-0.2, 0) is 27.9 Å². The average Bonchev–Trinajstić information content (AvgIpc) is 2.63. The van der Waals surface area contributed by atoms with Crippen LogP contribution >= 0.6 is 11.6 Å². The Kier molecular flexibility index (Phi) is 4.10. The summed E-state index contributed by atoms with van der Waals surface area (Å²) in [5, 5.41) is -0.0692. The molecule has 0 bridgehead atoms. The highest BCUT2D eigenvalue weighted by molar-refractivity contribution is 7.89. The van der Waals surface area contributed by atoms with Gasteiger partial charge in [0, 0.05) is 35.4 Å². The lowest BCUT2D eigenvalue weighted by molar-refractivity contribution is 0.520. The molecule has 0 atom stereocenters. The van der Waals surface area contributed by atoms with Crippen molar-refractivity contribution in [1.82, 2.24) is 14.3 Å². The molecule has 0 saturated carbocycles. The number of imidazole rings is 1. The summed E-state index contributed by atoms with van der Waals surface area (Å²) in [5.74, 6) is 1.06. The minimum atomic E-state index is -3.70. The summed E-state index contributed by atoms with van der Waals surface area (Å²) in [4.78, 5) is 3.79. The molecule has 1 fully saturated rings. The first-order chi connectivity index (χ1) is 8.40. The van der Waals surface area contributed by atoms with Crippen molar-refractivity contribution in [2.24, 2.45) is 7.05 Å². The molecule has 0 unspecified atom stereocenters. The summed E-state index contributed by atoms with van der Waals surface area (Å²) in [5.41, 5.74) is 0. The zero-order valence-corrected chi connectivity index (χ0v) is 12.2. The molecule has 1 saturated heterocycles. The number of hydrogen-bond acceptors (Lipinski definition) is 4. The fraction of sp³-hybridized carbons (Fsp3) is 0.667. The number of sulfonamides is 1. The van der Waals surface area contributed by atoms with E-state index in [2.05, 4.69) is 9.71 Å². The van der Waals surface area contributed by atoms with Gasteiger partial charge in [0.05, 0.1) is 6.33 Å². The maximum atomic E-state index is 12.1. The van der Waals surface area contributed by atoms with Gasteiger partial charge >= 0.3 is 0 Å². The number of aromatic nitrogens is 2. The summed E-state index contributed by atoms with van der Waals surface area (Å²) in [6.45, 7) is 0. The van der Waals surface area contributed by atoms with Gasteiger partial charge in [-0.05, 0) is 12.8 Å². The Balaban J connectivity index is 2.13. The second-order valence-corrected chi connectivity index (χ2v) is 7.88. The summed E-state index contributed by atoms with van der Waals surface area (Å²) >= 11 is 5.87. The highest BCUT2D eigenvalue weighted by Gasteiger charge is 2.27. The van der Waals surface area contributed by atoms with Gasteiger partial charge in [0.25, 0.3) is 10.0 Å². The predicted molar refractivity (Wildman–Crippen MR) is 69.4 cm³/mol. The van der Waals surface area contributed by atoms with E-state index in [-0.39, 0.29) is 16.2 Å². The van der Waals surface area contributed by atoms with Crippen molar-refractivity contribution >= 4 is 32.4 Å². The van der Waals surface area contributed by atoms with E-state index in [0.717, 1.165) is 0 Å². The maximum absolute atomic E-state index is 12.1. The largest absolute Gasteiger partial charge is 0.324 e. The van der Waals surface area contributed by atoms with Crippen molar-refractivity contribution < 1.29 is 12.6 Å². The van der Waals surface area contributed by atoms with Crippen LogP contribution in [-0.4, -0.2) is 39.7 Å². The van der Waals surface area contributed by atoms with Gasteiger partial charge in [-0.15, -0.1) is 0 Å². The lowest BCUT2D eigenvalue weighted by Gasteiger charge is -2.21. The van der Waals surface area contributed by atoms with Gasteiger partial charge in [0.1, 0.15) is 5.15 Å². The van der Waals surface area contributed by atoms with Gasteiger partial charge in [-0.3, -0.25) is 4.21 Å². The van der Waals surface area contributed by atoms with E-state index < -0.39 is 20.8 Å². The molecule has 0 spiro atoms. The predicted octanol–water partition coefficient (Wildman–Crippen LogP) is 0.263. The van der Waals surface area contributed by atoms with E-state index >= 15 is 0 Å². The minimum absolute atomic E-state index is 0.0851. The fourth-order valence-electron chi connectivity index (χ4n) is 1.76. The van der Waals surface area contributed by atoms with Crippen molar-refractivity contribution in [1.29, 1.82) is 0 Å². The topological polar surface area (TPSA) is 81.1 Å². The van der Waals surface area contributed by atoms with E-state index in [0.29, 0.717) is 24.3 Å². The van der Waals surface area contributed by atoms with E-state index in [4.69, 9.17) is 11.6 Å². The summed E-state index contributed by atoms with van der Waals surface area (Å²) in [6, 6.07) is -0.189. The first-order valence-corrected chi connectivity index (χ1v) is 8.79. The first-order valence-electron chi connectivity index (χ1n) is 5.44. The highest BCUT2D eigenvalue weighted by Crippen LogP contribution is 2.20. The first kappa shape index (κ1) is 14.0. The Hall–Kier alpha value is -0.440.